The fourth-order valence-corrected chi connectivity index (χ4v) is 1.71. The third-order valence-corrected chi connectivity index (χ3v) is 2.80. The maximum atomic E-state index is 13.3. The number of hydrogen-bond donors (Lipinski definition) is 1. The summed E-state index contributed by atoms with van der Waals surface area (Å²) in [4.78, 5) is 0. The third kappa shape index (κ3) is 3.76. The van der Waals surface area contributed by atoms with Crippen molar-refractivity contribution in [2.24, 2.45) is 5.73 Å². The van der Waals surface area contributed by atoms with Crippen LogP contribution in [0.2, 0.25) is 0 Å². The van der Waals surface area contributed by atoms with Gasteiger partial charge in [0, 0.05) is 19.0 Å². The molecule has 0 atom stereocenters. The Labute approximate surface area is 110 Å². The van der Waals surface area contributed by atoms with E-state index >= 15 is 0 Å². The summed E-state index contributed by atoms with van der Waals surface area (Å²) in [5.41, 5.74) is 7.66. The summed E-state index contributed by atoms with van der Waals surface area (Å²) >= 11 is 0. The van der Waals surface area contributed by atoms with Gasteiger partial charge in [-0.2, -0.15) is 0 Å². The van der Waals surface area contributed by atoms with E-state index in [1.165, 1.54) is 12.1 Å². The topological polar surface area (TPSA) is 35.2 Å². The minimum atomic E-state index is -0.682. The van der Waals surface area contributed by atoms with Gasteiger partial charge >= 0.3 is 0 Å². The van der Waals surface area contributed by atoms with E-state index in [1.54, 1.807) is 0 Å². The Morgan fingerprint density at radius 3 is 2.26 bits per heavy atom. The molecule has 2 N–H and O–H groups in total. The number of hydrogen-bond acceptors (Lipinski definition) is 2. The summed E-state index contributed by atoms with van der Waals surface area (Å²) in [6, 6.07) is 11.1. The molecule has 2 aromatic carbocycles. The Hall–Kier alpha value is -1.94. The molecule has 0 bridgehead atoms. The van der Waals surface area contributed by atoms with E-state index in [1.807, 2.05) is 24.3 Å². The van der Waals surface area contributed by atoms with E-state index in [4.69, 9.17) is 10.5 Å². The van der Waals surface area contributed by atoms with E-state index in [2.05, 4.69) is 0 Å². The molecule has 2 aromatic rings. The molecule has 100 valence electrons. The van der Waals surface area contributed by atoms with Gasteiger partial charge in [-0.25, -0.2) is 8.78 Å². The van der Waals surface area contributed by atoms with Gasteiger partial charge in [-0.05, 0) is 23.3 Å². The predicted octanol–water partition coefficient (Wildman–Crippen LogP) is 3.05. The molecule has 2 rings (SSSR count). The number of rotatable bonds is 5. The average Bonchev–Trinajstić information content (AvgIpc) is 2.42. The van der Waals surface area contributed by atoms with Gasteiger partial charge in [-0.1, -0.05) is 24.3 Å². The van der Waals surface area contributed by atoms with E-state index in [9.17, 15) is 8.78 Å². The molecule has 0 unspecified atom stereocenters. The van der Waals surface area contributed by atoms with Gasteiger partial charge in [-0.3, -0.25) is 0 Å². The van der Waals surface area contributed by atoms with Crippen LogP contribution in [0.4, 0.5) is 8.78 Å². The van der Waals surface area contributed by atoms with E-state index in [0.29, 0.717) is 19.6 Å². The second-order valence-corrected chi connectivity index (χ2v) is 4.19. The Kier molecular flexibility index (Phi) is 4.47. The van der Waals surface area contributed by atoms with Gasteiger partial charge in [0.05, 0.1) is 6.61 Å². The first-order valence-electron chi connectivity index (χ1n) is 6.05. The van der Waals surface area contributed by atoms with Gasteiger partial charge in [0.15, 0.2) is 11.6 Å². The second kappa shape index (κ2) is 6.29. The molecule has 0 spiro atoms. The van der Waals surface area contributed by atoms with Gasteiger partial charge in [0.2, 0.25) is 0 Å². The Morgan fingerprint density at radius 1 is 0.947 bits per heavy atom. The lowest BCUT2D eigenvalue weighted by Crippen LogP contribution is -2.03. The molecule has 0 aromatic heterocycles. The second-order valence-electron chi connectivity index (χ2n) is 4.19. The van der Waals surface area contributed by atoms with E-state index in [-0.39, 0.29) is 5.75 Å². The zero-order chi connectivity index (χ0) is 13.7. The fourth-order valence-electron chi connectivity index (χ4n) is 1.71. The highest BCUT2D eigenvalue weighted by atomic mass is 19.1. The molecule has 4 heteroatoms. The molecule has 0 aliphatic heterocycles. The SMILES string of the molecule is NCc1ccc(CCOc2ccc(F)cc2F)cc1. The van der Waals surface area contributed by atoms with Crippen molar-refractivity contribution in [2.45, 2.75) is 13.0 Å². The van der Waals surface area contributed by atoms with E-state index in [0.717, 1.165) is 17.2 Å². The zero-order valence-corrected chi connectivity index (χ0v) is 10.4. The minimum Gasteiger partial charge on any atom is -0.490 e. The van der Waals surface area contributed by atoms with Crippen LogP contribution < -0.4 is 10.5 Å². The largest absolute Gasteiger partial charge is 0.490 e. The monoisotopic (exact) mass is 263 g/mol. The van der Waals surface area contributed by atoms with Crippen molar-refractivity contribution < 1.29 is 13.5 Å². The van der Waals surface area contributed by atoms with Crippen LogP contribution in [0.1, 0.15) is 11.1 Å². The maximum absolute atomic E-state index is 13.3. The number of benzene rings is 2. The van der Waals surface area contributed by atoms with Gasteiger partial charge < -0.3 is 10.5 Å². The molecular weight excluding hydrogens is 248 g/mol. The molecule has 0 fully saturated rings. The normalized spacial score (nSPS) is 10.5. The number of nitrogens with two attached hydrogens (primary N) is 1. The maximum Gasteiger partial charge on any atom is 0.167 e. The van der Waals surface area contributed by atoms with Crippen LogP contribution in [0.25, 0.3) is 0 Å². The standard InChI is InChI=1S/C15H15F2NO/c16-13-5-6-15(14(17)9-13)19-8-7-11-1-3-12(10-18)4-2-11/h1-6,9H,7-8,10,18H2. The molecule has 0 aliphatic carbocycles. The summed E-state index contributed by atoms with van der Waals surface area (Å²) < 4.78 is 31.3. The van der Waals surface area contributed by atoms with Gasteiger partial charge in [0.1, 0.15) is 5.82 Å². The first kappa shape index (κ1) is 13.5. The molecule has 0 aliphatic rings. The minimum absolute atomic E-state index is 0.0694. The van der Waals surface area contributed by atoms with Crippen LogP contribution in [-0.4, -0.2) is 6.61 Å². The summed E-state index contributed by atoms with van der Waals surface area (Å²) in [5.74, 6) is -1.22. The van der Waals surface area contributed by atoms with Crippen LogP contribution in [0.5, 0.6) is 5.75 Å². The van der Waals surface area contributed by atoms with E-state index < -0.39 is 11.6 Å². The Bertz CT molecular complexity index is 540. The van der Waals surface area contributed by atoms with Crippen molar-refractivity contribution in [3.05, 3.63) is 65.2 Å². The first-order chi connectivity index (χ1) is 9.19. The molecule has 0 saturated carbocycles. The lowest BCUT2D eigenvalue weighted by Gasteiger charge is -2.07. The zero-order valence-electron chi connectivity index (χ0n) is 10.4. The van der Waals surface area contributed by atoms with Crippen LogP contribution in [-0.2, 0) is 13.0 Å². The molecule has 0 amide bonds. The molecular formula is C15H15F2NO. The van der Waals surface area contributed by atoms with Crippen molar-refractivity contribution in [3.8, 4) is 5.75 Å². The quantitative estimate of drug-likeness (QED) is 0.899. The van der Waals surface area contributed by atoms with Gasteiger partial charge in [0.25, 0.3) is 0 Å². The van der Waals surface area contributed by atoms with Crippen molar-refractivity contribution in [3.63, 3.8) is 0 Å². The number of ether oxygens (including phenoxy) is 1. The highest BCUT2D eigenvalue weighted by molar-refractivity contribution is 5.25. The van der Waals surface area contributed by atoms with Crippen molar-refractivity contribution in [2.75, 3.05) is 6.61 Å². The molecule has 0 heterocycles. The van der Waals surface area contributed by atoms with Crippen LogP contribution in [0.15, 0.2) is 42.5 Å². The Morgan fingerprint density at radius 2 is 1.63 bits per heavy atom. The lowest BCUT2D eigenvalue weighted by molar-refractivity contribution is 0.304. The Balaban J connectivity index is 1.88. The molecule has 0 radical (unpaired) electrons. The first-order valence-corrected chi connectivity index (χ1v) is 6.05. The predicted molar refractivity (Wildman–Crippen MR) is 69.9 cm³/mol. The van der Waals surface area contributed by atoms with Crippen molar-refractivity contribution in [1.29, 1.82) is 0 Å². The number of halogens is 2. The molecule has 0 saturated heterocycles. The van der Waals surface area contributed by atoms with Crippen LogP contribution in [0, 0.1) is 11.6 Å². The van der Waals surface area contributed by atoms with Crippen molar-refractivity contribution in [1.82, 2.24) is 0 Å². The molecule has 19 heavy (non-hydrogen) atoms. The smallest absolute Gasteiger partial charge is 0.167 e. The summed E-state index contributed by atoms with van der Waals surface area (Å²) in [7, 11) is 0. The summed E-state index contributed by atoms with van der Waals surface area (Å²) in [6.07, 6.45) is 0.654. The summed E-state index contributed by atoms with van der Waals surface area (Å²) in [5, 5.41) is 0. The summed E-state index contributed by atoms with van der Waals surface area (Å²) in [6.45, 7) is 0.849. The molecule has 2 nitrogen and oxygen atoms in total. The van der Waals surface area contributed by atoms with Crippen LogP contribution in [0.3, 0.4) is 0 Å². The van der Waals surface area contributed by atoms with Crippen LogP contribution >= 0.6 is 0 Å². The fraction of sp³-hybridized carbons (Fsp3) is 0.200. The lowest BCUT2D eigenvalue weighted by atomic mass is 10.1. The van der Waals surface area contributed by atoms with Crippen molar-refractivity contribution >= 4 is 0 Å². The highest BCUT2D eigenvalue weighted by Gasteiger charge is 2.04. The highest BCUT2D eigenvalue weighted by Crippen LogP contribution is 2.17. The average molecular weight is 263 g/mol. The third-order valence-electron chi connectivity index (χ3n) is 2.80. The van der Waals surface area contributed by atoms with Gasteiger partial charge in [-0.15, -0.1) is 0 Å².